The molecular formula is C15H24ClN3O. The van der Waals surface area contributed by atoms with Crippen LogP contribution in [-0.2, 0) is 11.2 Å². The minimum Gasteiger partial charge on any atom is -0.399 e. The number of benzene rings is 1. The van der Waals surface area contributed by atoms with Crippen LogP contribution in [-0.4, -0.2) is 36.5 Å². The van der Waals surface area contributed by atoms with Gasteiger partial charge in [-0.3, -0.25) is 9.69 Å². The summed E-state index contributed by atoms with van der Waals surface area (Å²) in [5.41, 5.74) is 7.36. The summed E-state index contributed by atoms with van der Waals surface area (Å²) < 4.78 is 0. The molecule has 1 aromatic carbocycles. The monoisotopic (exact) mass is 297 g/mol. The zero-order chi connectivity index (χ0) is 13.7. The van der Waals surface area contributed by atoms with Gasteiger partial charge in [-0.15, -0.1) is 12.4 Å². The zero-order valence-corrected chi connectivity index (χ0v) is 12.8. The fraction of sp³-hybridized carbons (Fsp3) is 0.533. The lowest BCUT2D eigenvalue weighted by molar-refractivity contribution is -0.120. The van der Waals surface area contributed by atoms with Gasteiger partial charge in [-0.05, 0) is 37.1 Å². The number of nitrogen functional groups attached to an aromatic ring is 1. The van der Waals surface area contributed by atoms with Crippen molar-refractivity contribution in [2.24, 2.45) is 0 Å². The number of halogens is 1. The Labute approximate surface area is 127 Å². The van der Waals surface area contributed by atoms with Crippen molar-refractivity contribution < 1.29 is 4.79 Å². The predicted molar refractivity (Wildman–Crippen MR) is 85.1 cm³/mol. The second-order valence-corrected chi connectivity index (χ2v) is 5.13. The number of nitrogens with zero attached hydrogens (tertiary/aromatic N) is 1. The van der Waals surface area contributed by atoms with Crippen molar-refractivity contribution in [2.45, 2.75) is 32.2 Å². The third-order valence-electron chi connectivity index (χ3n) is 3.51. The lowest BCUT2D eigenvalue weighted by Crippen LogP contribution is -2.36. The number of hydrogen-bond acceptors (Lipinski definition) is 3. The number of nitrogens with one attached hydrogen (secondary N) is 1. The van der Waals surface area contributed by atoms with Crippen molar-refractivity contribution in [3.63, 3.8) is 0 Å². The van der Waals surface area contributed by atoms with Gasteiger partial charge in [0.2, 0.25) is 5.91 Å². The van der Waals surface area contributed by atoms with Crippen LogP contribution in [0.15, 0.2) is 24.3 Å². The summed E-state index contributed by atoms with van der Waals surface area (Å²) in [6.07, 6.45) is 3.02. The molecule has 0 heterocycles. The van der Waals surface area contributed by atoms with Gasteiger partial charge in [0.25, 0.3) is 0 Å². The first-order valence-corrected chi connectivity index (χ1v) is 7.04. The highest BCUT2D eigenvalue weighted by atomic mass is 35.5. The molecule has 0 atom stereocenters. The topological polar surface area (TPSA) is 58.4 Å². The highest BCUT2D eigenvalue weighted by molar-refractivity contribution is 5.85. The third kappa shape index (κ3) is 5.39. The molecule has 5 heteroatoms. The van der Waals surface area contributed by atoms with E-state index in [0.717, 1.165) is 31.2 Å². The van der Waals surface area contributed by atoms with E-state index in [9.17, 15) is 4.79 Å². The molecule has 1 aliphatic carbocycles. The molecule has 0 saturated heterocycles. The number of rotatable bonds is 7. The Morgan fingerprint density at radius 3 is 2.80 bits per heavy atom. The summed E-state index contributed by atoms with van der Waals surface area (Å²) in [7, 11) is 0. The van der Waals surface area contributed by atoms with Crippen molar-refractivity contribution in [1.82, 2.24) is 10.2 Å². The van der Waals surface area contributed by atoms with Gasteiger partial charge in [0, 0.05) is 24.8 Å². The molecule has 1 saturated carbocycles. The maximum Gasteiger partial charge on any atom is 0.224 e. The van der Waals surface area contributed by atoms with Crippen molar-refractivity contribution in [2.75, 3.05) is 25.4 Å². The van der Waals surface area contributed by atoms with Crippen LogP contribution < -0.4 is 11.1 Å². The van der Waals surface area contributed by atoms with Crippen LogP contribution in [0.5, 0.6) is 0 Å². The second-order valence-electron chi connectivity index (χ2n) is 5.13. The second kappa shape index (κ2) is 8.12. The number of nitrogens with two attached hydrogens (primary N) is 1. The summed E-state index contributed by atoms with van der Waals surface area (Å²) in [6.45, 7) is 4.91. The average Bonchev–Trinajstić information content (AvgIpc) is 3.19. The van der Waals surface area contributed by atoms with Gasteiger partial charge in [0.05, 0.1) is 6.42 Å². The molecular weight excluding hydrogens is 274 g/mol. The Balaban J connectivity index is 0.00000200. The van der Waals surface area contributed by atoms with E-state index in [0.29, 0.717) is 12.1 Å². The van der Waals surface area contributed by atoms with Crippen LogP contribution in [0.4, 0.5) is 5.69 Å². The maximum atomic E-state index is 11.8. The van der Waals surface area contributed by atoms with Crippen LogP contribution in [0.2, 0.25) is 0 Å². The average molecular weight is 298 g/mol. The summed E-state index contributed by atoms with van der Waals surface area (Å²) in [4.78, 5) is 14.2. The molecule has 0 aromatic heterocycles. The summed E-state index contributed by atoms with van der Waals surface area (Å²) in [5.74, 6) is 0.0671. The van der Waals surface area contributed by atoms with E-state index in [1.165, 1.54) is 12.8 Å². The van der Waals surface area contributed by atoms with Crippen molar-refractivity contribution in [3.05, 3.63) is 29.8 Å². The number of carbonyl (C=O) groups excluding carboxylic acids is 1. The SMILES string of the molecule is CCN(CCNC(=O)Cc1cccc(N)c1)C1CC1.Cl. The zero-order valence-electron chi connectivity index (χ0n) is 12.0. The Morgan fingerprint density at radius 1 is 1.45 bits per heavy atom. The maximum absolute atomic E-state index is 11.8. The van der Waals surface area contributed by atoms with Crippen molar-refractivity contribution in [3.8, 4) is 0 Å². The van der Waals surface area contributed by atoms with E-state index in [1.54, 1.807) is 0 Å². The molecule has 3 N–H and O–H groups in total. The van der Waals surface area contributed by atoms with E-state index >= 15 is 0 Å². The van der Waals surface area contributed by atoms with Gasteiger partial charge >= 0.3 is 0 Å². The van der Waals surface area contributed by atoms with E-state index < -0.39 is 0 Å². The molecule has 1 aliphatic rings. The molecule has 1 amide bonds. The largest absolute Gasteiger partial charge is 0.399 e. The van der Waals surface area contributed by atoms with Gasteiger partial charge in [-0.25, -0.2) is 0 Å². The van der Waals surface area contributed by atoms with Gasteiger partial charge in [-0.1, -0.05) is 19.1 Å². The Kier molecular flexibility index (Phi) is 6.82. The lowest BCUT2D eigenvalue weighted by Gasteiger charge is -2.19. The number of likely N-dealkylation sites (N-methyl/N-ethyl adjacent to an activating group) is 1. The standard InChI is InChI=1S/C15H23N3O.ClH/c1-2-18(14-6-7-14)9-8-17-15(19)11-12-4-3-5-13(16)10-12;/h3-5,10,14H,2,6-9,11,16H2,1H3,(H,17,19);1H. The molecule has 4 nitrogen and oxygen atoms in total. The van der Waals surface area contributed by atoms with Gasteiger partial charge < -0.3 is 11.1 Å². The first kappa shape index (κ1) is 16.8. The molecule has 112 valence electrons. The highest BCUT2D eigenvalue weighted by Crippen LogP contribution is 2.25. The summed E-state index contributed by atoms with van der Waals surface area (Å²) >= 11 is 0. The third-order valence-corrected chi connectivity index (χ3v) is 3.51. The Bertz CT molecular complexity index is 435. The van der Waals surface area contributed by atoms with Crippen LogP contribution >= 0.6 is 12.4 Å². The van der Waals surface area contributed by atoms with Crippen LogP contribution in [0.3, 0.4) is 0 Å². The fourth-order valence-corrected chi connectivity index (χ4v) is 2.33. The molecule has 20 heavy (non-hydrogen) atoms. The number of amides is 1. The predicted octanol–water partition coefficient (Wildman–Crippen LogP) is 1.83. The molecule has 0 bridgehead atoms. The normalized spacial score (nSPS) is 13.9. The Hall–Kier alpha value is -1.26. The quantitative estimate of drug-likeness (QED) is 0.755. The fourth-order valence-electron chi connectivity index (χ4n) is 2.33. The lowest BCUT2D eigenvalue weighted by atomic mass is 10.1. The Morgan fingerprint density at radius 2 is 2.20 bits per heavy atom. The molecule has 0 spiro atoms. The molecule has 0 aliphatic heterocycles. The smallest absolute Gasteiger partial charge is 0.224 e. The van der Waals surface area contributed by atoms with Crippen molar-refractivity contribution >= 4 is 24.0 Å². The molecule has 0 unspecified atom stereocenters. The van der Waals surface area contributed by atoms with Crippen LogP contribution in [0.25, 0.3) is 0 Å². The molecule has 1 aromatic rings. The number of hydrogen-bond donors (Lipinski definition) is 2. The van der Waals surface area contributed by atoms with Crippen LogP contribution in [0.1, 0.15) is 25.3 Å². The summed E-state index contributed by atoms with van der Waals surface area (Å²) in [5, 5.41) is 2.98. The molecule has 1 fully saturated rings. The first-order valence-electron chi connectivity index (χ1n) is 7.04. The number of anilines is 1. The van der Waals surface area contributed by atoms with E-state index in [2.05, 4.69) is 17.1 Å². The number of carbonyl (C=O) groups is 1. The van der Waals surface area contributed by atoms with E-state index in [4.69, 9.17) is 5.73 Å². The highest BCUT2D eigenvalue weighted by Gasteiger charge is 2.27. The van der Waals surface area contributed by atoms with Gasteiger partial charge in [-0.2, -0.15) is 0 Å². The van der Waals surface area contributed by atoms with Crippen LogP contribution in [0, 0.1) is 0 Å². The van der Waals surface area contributed by atoms with Crippen molar-refractivity contribution in [1.29, 1.82) is 0 Å². The van der Waals surface area contributed by atoms with Gasteiger partial charge in [0.15, 0.2) is 0 Å². The van der Waals surface area contributed by atoms with Gasteiger partial charge in [0.1, 0.15) is 0 Å². The molecule has 0 radical (unpaired) electrons. The van der Waals surface area contributed by atoms with E-state index in [-0.39, 0.29) is 18.3 Å². The minimum atomic E-state index is 0. The first-order chi connectivity index (χ1) is 9.19. The van der Waals surface area contributed by atoms with E-state index in [1.807, 2.05) is 24.3 Å². The summed E-state index contributed by atoms with van der Waals surface area (Å²) in [6, 6.07) is 8.25. The minimum absolute atomic E-state index is 0. The molecule has 2 rings (SSSR count).